The molecule has 0 bridgehead atoms. The number of fused-ring (bicyclic) bond motifs is 2. The van der Waals surface area contributed by atoms with Gasteiger partial charge in [-0.25, -0.2) is 9.37 Å². The van der Waals surface area contributed by atoms with Gasteiger partial charge in [0.15, 0.2) is 5.17 Å². The zero-order valence-electron chi connectivity index (χ0n) is 16.6. The fraction of sp³-hybridized carbons (Fsp3) is 0.409. The number of nitrogens with one attached hydrogen (secondary N) is 1. The third-order valence-corrected chi connectivity index (χ3v) is 6.85. The number of benzene rings is 1. The maximum Gasteiger partial charge on any atom is 0.159 e. The molecule has 0 saturated heterocycles. The minimum Gasteiger partial charge on any atom is -0.378 e. The van der Waals surface area contributed by atoms with E-state index in [2.05, 4.69) is 27.5 Å². The summed E-state index contributed by atoms with van der Waals surface area (Å²) in [7, 11) is 0. The number of nitrogens with zero attached hydrogens (tertiary/aromatic N) is 3. The topological polar surface area (TPSA) is 80.1 Å². The molecule has 0 spiro atoms. The van der Waals surface area contributed by atoms with Crippen molar-refractivity contribution in [2.45, 2.75) is 39.2 Å². The highest BCUT2D eigenvalue weighted by Gasteiger charge is 2.42. The standard InChI is InChI=1S/C22H26FN5S/c1-22-12-28-14-27-20(15-5-7-18(23)8-6-15)19(28)11-17(22)4-2-3-16(22)9-10-26-21(25)29-13-24/h5-8,11,13-14,16,24H,2-4,9-10,12H2,1H3,(H2,25,26)/t16-,22-/m1/s1. The second kappa shape index (κ2) is 8.14. The molecule has 2 aromatic rings. The number of hydrogen-bond acceptors (Lipinski definition) is 4. The van der Waals surface area contributed by atoms with Gasteiger partial charge in [0.1, 0.15) is 5.82 Å². The molecule has 152 valence electrons. The SMILES string of the molecule is C[C@]12Cn3cnc(-c4ccc(F)cc4)c3C=C1CCC[C@@H]2CCN=C(N)SC=N. The van der Waals surface area contributed by atoms with E-state index >= 15 is 0 Å². The normalized spacial score (nSPS) is 23.9. The van der Waals surface area contributed by atoms with Crippen LogP contribution < -0.4 is 5.73 Å². The third-order valence-electron chi connectivity index (χ3n) is 6.36. The fourth-order valence-corrected chi connectivity index (χ4v) is 5.07. The number of imidazole rings is 1. The molecule has 1 fully saturated rings. The number of allylic oxidation sites excluding steroid dienone is 1. The molecule has 29 heavy (non-hydrogen) atoms. The Kier molecular flexibility index (Phi) is 5.58. The van der Waals surface area contributed by atoms with Crippen molar-refractivity contribution in [2.24, 2.45) is 22.1 Å². The van der Waals surface area contributed by atoms with Gasteiger partial charge in [-0.3, -0.25) is 4.99 Å². The van der Waals surface area contributed by atoms with Crippen molar-refractivity contribution >= 4 is 28.6 Å². The van der Waals surface area contributed by atoms with Gasteiger partial charge in [-0.15, -0.1) is 0 Å². The van der Waals surface area contributed by atoms with Gasteiger partial charge >= 0.3 is 0 Å². The molecule has 1 aromatic carbocycles. The van der Waals surface area contributed by atoms with E-state index in [1.807, 2.05) is 6.33 Å². The molecule has 0 amide bonds. The van der Waals surface area contributed by atoms with Crippen LogP contribution >= 0.6 is 11.8 Å². The van der Waals surface area contributed by atoms with E-state index in [9.17, 15) is 4.39 Å². The first-order chi connectivity index (χ1) is 14.0. The van der Waals surface area contributed by atoms with Gasteiger partial charge in [0.25, 0.3) is 0 Å². The highest BCUT2D eigenvalue weighted by Crippen LogP contribution is 2.51. The van der Waals surface area contributed by atoms with Gasteiger partial charge in [-0.1, -0.05) is 12.5 Å². The summed E-state index contributed by atoms with van der Waals surface area (Å²) in [4.78, 5) is 9.06. The molecule has 2 heterocycles. The lowest BCUT2D eigenvalue weighted by Crippen LogP contribution is -2.39. The molecular weight excluding hydrogens is 385 g/mol. The molecule has 2 atom stereocenters. The summed E-state index contributed by atoms with van der Waals surface area (Å²) < 4.78 is 15.5. The zero-order chi connectivity index (χ0) is 20.4. The van der Waals surface area contributed by atoms with Crippen LogP contribution in [0.2, 0.25) is 0 Å². The number of aliphatic imine (C=N–C) groups is 1. The lowest BCUT2D eigenvalue weighted by atomic mass is 9.62. The molecule has 1 aliphatic heterocycles. The Morgan fingerprint density at radius 3 is 3.00 bits per heavy atom. The first-order valence-electron chi connectivity index (χ1n) is 9.99. The first kappa shape index (κ1) is 19.9. The maximum absolute atomic E-state index is 13.3. The van der Waals surface area contributed by atoms with Crippen molar-refractivity contribution < 1.29 is 4.39 Å². The average Bonchev–Trinajstić information content (AvgIpc) is 3.09. The van der Waals surface area contributed by atoms with Crippen molar-refractivity contribution in [3.8, 4) is 11.3 Å². The Labute approximate surface area is 174 Å². The van der Waals surface area contributed by atoms with E-state index in [4.69, 9.17) is 11.1 Å². The number of amidine groups is 1. The third kappa shape index (κ3) is 3.88. The molecule has 0 radical (unpaired) electrons. The summed E-state index contributed by atoms with van der Waals surface area (Å²) >= 11 is 1.15. The van der Waals surface area contributed by atoms with Crippen LogP contribution in [0.15, 0.2) is 41.2 Å². The molecule has 0 unspecified atom stereocenters. The van der Waals surface area contributed by atoms with Gasteiger partial charge in [-0.2, -0.15) is 0 Å². The molecule has 3 N–H and O–H groups in total. The van der Waals surface area contributed by atoms with Crippen molar-refractivity contribution in [3.05, 3.63) is 47.7 Å². The molecular formula is C22H26FN5S. The van der Waals surface area contributed by atoms with Gasteiger partial charge in [0.05, 0.1) is 23.3 Å². The predicted octanol–water partition coefficient (Wildman–Crippen LogP) is 4.94. The van der Waals surface area contributed by atoms with Crippen LogP contribution in [-0.2, 0) is 6.54 Å². The highest BCUT2D eigenvalue weighted by atomic mass is 32.2. The number of rotatable bonds is 5. The fourth-order valence-electron chi connectivity index (χ4n) is 4.78. The van der Waals surface area contributed by atoms with E-state index in [1.165, 1.54) is 36.1 Å². The molecule has 2 aliphatic rings. The van der Waals surface area contributed by atoms with Crippen LogP contribution in [0.5, 0.6) is 0 Å². The number of hydrogen-bond donors (Lipinski definition) is 2. The Bertz CT molecular complexity index is 962. The van der Waals surface area contributed by atoms with Gasteiger partial charge in [0.2, 0.25) is 0 Å². The van der Waals surface area contributed by atoms with Crippen molar-refractivity contribution in [3.63, 3.8) is 0 Å². The second-order valence-electron chi connectivity index (χ2n) is 8.03. The predicted molar refractivity (Wildman–Crippen MR) is 119 cm³/mol. The minimum atomic E-state index is -0.231. The van der Waals surface area contributed by atoms with Gasteiger partial charge in [-0.05, 0) is 73.7 Å². The quantitative estimate of drug-likeness (QED) is 0.540. The number of nitrogens with two attached hydrogens (primary N) is 1. The van der Waals surface area contributed by atoms with E-state index in [0.717, 1.165) is 48.1 Å². The van der Waals surface area contributed by atoms with Crippen LogP contribution in [0.25, 0.3) is 17.3 Å². The van der Waals surface area contributed by atoms with Crippen LogP contribution in [0.3, 0.4) is 0 Å². The summed E-state index contributed by atoms with van der Waals surface area (Å²) in [5.41, 5.74) is 11.6. The van der Waals surface area contributed by atoms with Crippen molar-refractivity contribution in [1.82, 2.24) is 9.55 Å². The summed E-state index contributed by atoms with van der Waals surface area (Å²) in [6, 6.07) is 6.56. The number of aromatic nitrogens is 2. The molecule has 4 rings (SSSR count). The van der Waals surface area contributed by atoms with E-state index in [-0.39, 0.29) is 11.2 Å². The first-order valence-corrected chi connectivity index (χ1v) is 10.9. The van der Waals surface area contributed by atoms with Crippen molar-refractivity contribution in [2.75, 3.05) is 6.54 Å². The zero-order valence-corrected chi connectivity index (χ0v) is 17.4. The molecule has 7 heteroatoms. The van der Waals surface area contributed by atoms with Gasteiger partial charge in [0, 0.05) is 24.1 Å². The Hall–Kier alpha value is -2.41. The summed E-state index contributed by atoms with van der Waals surface area (Å²) in [6.45, 7) is 3.96. The van der Waals surface area contributed by atoms with E-state index in [1.54, 1.807) is 12.1 Å². The van der Waals surface area contributed by atoms with E-state index in [0.29, 0.717) is 17.6 Å². The Balaban J connectivity index is 1.58. The molecule has 5 nitrogen and oxygen atoms in total. The lowest BCUT2D eigenvalue weighted by Gasteiger charge is -2.46. The van der Waals surface area contributed by atoms with Gasteiger partial charge < -0.3 is 15.7 Å². The summed E-state index contributed by atoms with van der Waals surface area (Å²) in [6.07, 6.45) is 8.69. The molecule has 1 aliphatic carbocycles. The number of halogens is 1. The Morgan fingerprint density at radius 2 is 2.24 bits per heavy atom. The molecule has 1 aromatic heterocycles. The Morgan fingerprint density at radius 1 is 1.45 bits per heavy atom. The number of thioether (sulfide) groups is 1. The smallest absolute Gasteiger partial charge is 0.159 e. The monoisotopic (exact) mass is 411 g/mol. The van der Waals surface area contributed by atoms with Crippen molar-refractivity contribution in [1.29, 1.82) is 5.41 Å². The van der Waals surface area contributed by atoms with Crippen LogP contribution in [0, 0.1) is 22.6 Å². The van der Waals surface area contributed by atoms with Crippen LogP contribution in [-0.4, -0.2) is 26.8 Å². The second-order valence-corrected chi connectivity index (χ2v) is 8.92. The molecule has 1 saturated carbocycles. The van der Waals surface area contributed by atoms with E-state index < -0.39 is 0 Å². The maximum atomic E-state index is 13.3. The lowest BCUT2D eigenvalue weighted by molar-refractivity contribution is 0.146. The highest BCUT2D eigenvalue weighted by molar-refractivity contribution is 8.24. The average molecular weight is 412 g/mol. The minimum absolute atomic E-state index is 0.0883. The van der Waals surface area contributed by atoms with Crippen LogP contribution in [0.1, 0.15) is 38.3 Å². The largest absolute Gasteiger partial charge is 0.378 e. The summed E-state index contributed by atoms with van der Waals surface area (Å²) in [5.74, 6) is 0.305. The van der Waals surface area contributed by atoms with Crippen LogP contribution in [0.4, 0.5) is 4.39 Å². The summed E-state index contributed by atoms with van der Waals surface area (Å²) in [5, 5.41) is 7.56.